The molecule has 0 spiro atoms. The Morgan fingerprint density at radius 2 is 1.65 bits per heavy atom. The molecule has 0 saturated carbocycles. The minimum atomic E-state index is -0.985. The maximum atomic E-state index is 9.36. The Balaban J connectivity index is 2.01. The van der Waals surface area contributed by atoms with Crippen LogP contribution in [-0.2, 0) is 0 Å². The van der Waals surface area contributed by atoms with E-state index in [1.165, 1.54) is 11.8 Å². The van der Waals surface area contributed by atoms with Crippen molar-refractivity contribution in [2.75, 3.05) is 25.7 Å². The lowest BCUT2D eigenvalue weighted by Crippen LogP contribution is -2.21. The molecule has 4 nitrogen and oxygen atoms in total. The first-order valence-corrected chi connectivity index (χ1v) is 10.0. The summed E-state index contributed by atoms with van der Waals surface area (Å²) in [6, 6.07) is 11.2. The van der Waals surface area contributed by atoms with E-state index in [-0.39, 0.29) is 12.4 Å². The molecule has 8 heteroatoms. The minimum Gasteiger partial charge on any atom is -0.494 e. The second-order valence-electron chi connectivity index (χ2n) is 5.33. The Morgan fingerprint density at radius 3 is 2.23 bits per heavy atom. The summed E-state index contributed by atoms with van der Waals surface area (Å²) in [6.45, 7) is 0.107. The van der Waals surface area contributed by atoms with Crippen LogP contribution in [0.4, 0.5) is 0 Å². The van der Waals surface area contributed by atoms with E-state index >= 15 is 0 Å². The van der Waals surface area contributed by atoms with E-state index in [4.69, 9.17) is 49.4 Å². The predicted octanol–water partition coefficient (Wildman–Crippen LogP) is 4.88. The Kier molecular flexibility index (Phi) is 9.19. The van der Waals surface area contributed by atoms with Crippen molar-refractivity contribution >= 4 is 46.6 Å². The maximum absolute atomic E-state index is 9.36. The zero-order valence-electron chi connectivity index (χ0n) is 13.8. The SMILES string of the molecule is OCC(O)COc1c(Cl)cc(Sc2ccc(OCCCCl)cc2)cc1Cl. The van der Waals surface area contributed by atoms with E-state index in [1.54, 1.807) is 12.1 Å². The van der Waals surface area contributed by atoms with Gasteiger partial charge in [0.25, 0.3) is 0 Å². The summed E-state index contributed by atoms with van der Waals surface area (Å²) in [5.74, 6) is 1.66. The Morgan fingerprint density at radius 1 is 1.00 bits per heavy atom. The third kappa shape index (κ3) is 6.72. The van der Waals surface area contributed by atoms with Crippen LogP contribution in [0.15, 0.2) is 46.2 Å². The van der Waals surface area contributed by atoms with E-state index in [9.17, 15) is 5.11 Å². The van der Waals surface area contributed by atoms with Gasteiger partial charge >= 0.3 is 0 Å². The molecule has 0 aliphatic heterocycles. The molecular formula is C18H19Cl3O4S. The van der Waals surface area contributed by atoms with Gasteiger partial charge in [-0.1, -0.05) is 35.0 Å². The molecule has 0 aliphatic carbocycles. The highest BCUT2D eigenvalue weighted by molar-refractivity contribution is 7.99. The molecule has 0 amide bonds. The minimum absolute atomic E-state index is 0.0897. The van der Waals surface area contributed by atoms with Gasteiger partial charge in [0.15, 0.2) is 5.75 Å². The van der Waals surface area contributed by atoms with Crippen LogP contribution in [0.2, 0.25) is 10.0 Å². The molecule has 0 saturated heterocycles. The highest BCUT2D eigenvalue weighted by atomic mass is 35.5. The smallest absolute Gasteiger partial charge is 0.156 e. The first kappa shape index (κ1) is 21.5. The number of benzene rings is 2. The largest absolute Gasteiger partial charge is 0.494 e. The second-order valence-corrected chi connectivity index (χ2v) is 7.67. The van der Waals surface area contributed by atoms with Crippen LogP contribution in [0.3, 0.4) is 0 Å². The number of hydrogen-bond donors (Lipinski definition) is 2. The molecule has 2 aromatic carbocycles. The quantitative estimate of drug-likeness (QED) is 0.409. The number of aliphatic hydroxyl groups is 2. The van der Waals surface area contributed by atoms with Gasteiger partial charge in [-0.25, -0.2) is 0 Å². The summed E-state index contributed by atoms with van der Waals surface area (Å²) in [5.41, 5.74) is 0. The lowest BCUT2D eigenvalue weighted by atomic mass is 10.3. The molecule has 0 aromatic heterocycles. The first-order chi connectivity index (χ1) is 12.5. The summed E-state index contributed by atoms with van der Waals surface area (Å²) in [5, 5.41) is 18.9. The molecule has 0 bridgehead atoms. The third-order valence-corrected chi connectivity index (χ3v) is 5.02. The van der Waals surface area contributed by atoms with Gasteiger partial charge in [-0.2, -0.15) is 0 Å². The number of ether oxygens (including phenoxy) is 2. The fraction of sp³-hybridized carbons (Fsp3) is 0.333. The van der Waals surface area contributed by atoms with Crippen molar-refractivity contribution < 1.29 is 19.7 Å². The van der Waals surface area contributed by atoms with Gasteiger partial charge in [-0.15, -0.1) is 11.6 Å². The first-order valence-electron chi connectivity index (χ1n) is 7.91. The van der Waals surface area contributed by atoms with Crippen molar-refractivity contribution in [1.82, 2.24) is 0 Å². The number of hydrogen-bond acceptors (Lipinski definition) is 5. The van der Waals surface area contributed by atoms with E-state index in [0.29, 0.717) is 22.5 Å². The summed E-state index contributed by atoms with van der Waals surface area (Å²) in [6.07, 6.45) is -0.180. The van der Waals surface area contributed by atoms with Crippen molar-refractivity contribution in [2.45, 2.75) is 22.3 Å². The average molecular weight is 438 g/mol. The predicted molar refractivity (Wildman–Crippen MR) is 106 cm³/mol. The number of aliphatic hydroxyl groups excluding tert-OH is 2. The van der Waals surface area contributed by atoms with Crippen molar-refractivity contribution in [3.8, 4) is 11.5 Å². The average Bonchev–Trinajstić information content (AvgIpc) is 2.62. The van der Waals surface area contributed by atoms with Gasteiger partial charge in [-0.3, -0.25) is 0 Å². The Hall–Kier alpha value is -0.820. The molecular weight excluding hydrogens is 419 g/mol. The normalized spacial score (nSPS) is 12.0. The lowest BCUT2D eigenvalue weighted by molar-refractivity contribution is 0.0536. The molecule has 0 heterocycles. The van der Waals surface area contributed by atoms with Crippen LogP contribution in [0.25, 0.3) is 0 Å². The van der Waals surface area contributed by atoms with Gasteiger partial charge in [0.2, 0.25) is 0 Å². The second kappa shape index (κ2) is 11.1. The van der Waals surface area contributed by atoms with Crippen molar-refractivity contribution in [1.29, 1.82) is 0 Å². The van der Waals surface area contributed by atoms with Crippen LogP contribution < -0.4 is 9.47 Å². The fourth-order valence-corrected chi connectivity index (χ4v) is 3.68. The van der Waals surface area contributed by atoms with Gasteiger partial charge < -0.3 is 19.7 Å². The molecule has 2 N–H and O–H groups in total. The highest BCUT2D eigenvalue weighted by Gasteiger charge is 2.13. The zero-order valence-corrected chi connectivity index (χ0v) is 16.9. The van der Waals surface area contributed by atoms with E-state index in [1.807, 2.05) is 24.3 Å². The molecule has 1 unspecified atom stereocenters. The maximum Gasteiger partial charge on any atom is 0.156 e. The van der Waals surface area contributed by atoms with E-state index < -0.39 is 12.7 Å². The summed E-state index contributed by atoms with van der Waals surface area (Å²) < 4.78 is 10.9. The Labute approximate surface area is 172 Å². The molecule has 0 radical (unpaired) electrons. The van der Waals surface area contributed by atoms with Gasteiger partial charge in [0.1, 0.15) is 18.5 Å². The van der Waals surface area contributed by atoms with Crippen LogP contribution in [0, 0.1) is 0 Å². The molecule has 26 heavy (non-hydrogen) atoms. The molecule has 0 aliphatic rings. The molecule has 1 atom stereocenters. The number of rotatable bonds is 10. The van der Waals surface area contributed by atoms with Gasteiger partial charge in [-0.05, 0) is 42.8 Å². The van der Waals surface area contributed by atoms with Gasteiger partial charge in [0, 0.05) is 15.7 Å². The van der Waals surface area contributed by atoms with Gasteiger partial charge in [0.05, 0.1) is 23.3 Å². The molecule has 2 aromatic rings. The van der Waals surface area contributed by atoms with E-state index in [0.717, 1.165) is 22.0 Å². The Bertz CT molecular complexity index is 674. The van der Waals surface area contributed by atoms with E-state index in [2.05, 4.69) is 0 Å². The monoisotopic (exact) mass is 436 g/mol. The standard InChI is InChI=1S/C18H19Cl3O4S/c19-6-1-7-24-13-2-4-14(5-3-13)26-15-8-16(20)18(17(21)9-15)25-11-12(23)10-22/h2-5,8-9,12,22-23H,1,6-7,10-11H2. The third-order valence-electron chi connectivity index (χ3n) is 3.21. The van der Waals surface area contributed by atoms with Crippen LogP contribution in [-0.4, -0.2) is 42.0 Å². The van der Waals surface area contributed by atoms with Crippen molar-refractivity contribution in [3.63, 3.8) is 0 Å². The van der Waals surface area contributed by atoms with Crippen LogP contribution >= 0.6 is 46.6 Å². The van der Waals surface area contributed by atoms with Crippen molar-refractivity contribution in [3.05, 3.63) is 46.4 Å². The van der Waals surface area contributed by atoms with Crippen molar-refractivity contribution in [2.24, 2.45) is 0 Å². The topological polar surface area (TPSA) is 58.9 Å². The number of alkyl halides is 1. The lowest BCUT2D eigenvalue weighted by Gasteiger charge is -2.14. The number of halogens is 3. The zero-order chi connectivity index (χ0) is 18.9. The highest BCUT2D eigenvalue weighted by Crippen LogP contribution is 2.39. The molecule has 0 fully saturated rings. The molecule has 142 valence electrons. The molecule has 2 rings (SSSR count). The fourth-order valence-electron chi connectivity index (χ4n) is 1.95. The summed E-state index contributed by atoms with van der Waals surface area (Å²) in [4.78, 5) is 1.86. The van der Waals surface area contributed by atoms with Crippen LogP contribution in [0.1, 0.15) is 6.42 Å². The van der Waals surface area contributed by atoms with Crippen LogP contribution in [0.5, 0.6) is 11.5 Å². The summed E-state index contributed by atoms with van der Waals surface area (Å²) >= 11 is 19.6. The summed E-state index contributed by atoms with van der Waals surface area (Å²) in [7, 11) is 0.